The average Bonchev–Trinajstić information content (AvgIpc) is 2.00. The first-order valence-electron chi connectivity index (χ1n) is 4.92. The molecule has 88 valence electrons. The van der Waals surface area contributed by atoms with Gasteiger partial charge in [0.25, 0.3) is 0 Å². The molecule has 0 unspecified atom stereocenters. The van der Waals surface area contributed by atoms with Gasteiger partial charge in [-0.15, -0.1) is 0 Å². The van der Waals surface area contributed by atoms with Crippen LogP contribution in [0, 0.1) is 0 Å². The standard InChI is InChI=1S/C10H19NO4/c1-6-14-9(13)11-7(2)8(12)15-10(3,4)5/h7H,6H2,1-5H3,(H,11,13)/t7-/m1/s1. The van der Waals surface area contributed by atoms with E-state index in [1.807, 2.05) is 0 Å². The van der Waals surface area contributed by atoms with Gasteiger partial charge in [0.2, 0.25) is 0 Å². The van der Waals surface area contributed by atoms with Crippen LogP contribution in [0.1, 0.15) is 34.6 Å². The normalized spacial score (nSPS) is 12.9. The lowest BCUT2D eigenvalue weighted by Crippen LogP contribution is -2.42. The van der Waals surface area contributed by atoms with Gasteiger partial charge < -0.3 is 14.8 Å². The van der Waals surface area contributed by atoms with Crippen molar-refractivity contribution in [2.24, 2.45) is 0 Å². The van der Waals surface area contributed by atoms with Crippen LogP contribution >= 0.6 is 0 Å². The first-order valence-corrected chi connectivity index (χ1v) is 4.92. The van der Waals surface area contributed by atoms with E-state index in [4.69, 9.17) is 4.74 Å². The molecular weight excluding hydrogens is 198 g/mol. The van der Waals surface area contributed by atoms with E-state index < -0.39 is 23.7 Å². The second kappa shape index (κ2) is 5.58. The molecule has 0 aromatic carbocycles. The summed E-state index contributed by atoms with van der Waals surface area (Å²) in [5.74, 6) is -0.476. The van der Waals surface area contributed by atoms with Crippen molar-refractivity contribution in [2.45, 2.75) is 46.3 Å². The van der Waals surface area contributed by atoms with Gasteiger partial charge in [-0.2, -0.15) is 0 Å². The number of carbonyl (C=O) groups is 2. The van der Waals surface area contributed by atoms with E-state index in [9.17, 15) is 9.59 Å². The molecule has 0 aliphatic heterocycles. The Hall–Kier alpha value is -1.26. The molecule has 0 aliphatic rings. The quantitative estimate of drug-likeness (QED) is 0.727. The SMILES string of the molecule is CCOC(=O)N[C@H](C)C(=O)OC(C)(C)C. The average molecular weight is 217 g/mol. The summed E-state index contributed by atoms with van der Waals surface area (Å²) < 4.78 is 9.70. The predicted octanol–water partition coefficient (Wildman–Crippen LogP) is 1.46. The van der Waals surface area contributed by atoms with Crippen LogP contribution in [-0.2, 0) is 14.3 Å². The minimum atomic E-state index is -0.705. The number of carbonyl (C=O) groups excluding carboxylic acids is 2. The molecule has 0 heterocycles. The number of rotatable bonds is 3. The number of hydrogen-bond donors (Lipinski definition) is 1. The zero-order valence-corrected chi connectivity index (χ0v) is 9.92. The number of amides is 1. The smallest absolute Gasteiger partial charge is 0.407 e. The van der Waals surface area contributed by atoms with Crippen LogP contribution in [0.3, 0.4) is 0 Å². The molecule has 0 fully saturated rings. The molecule has 1 N–H and O–H groups in total. The molecule has 0 spiro atoms. The van der Waals surface area contributed by atoms with Crippen molar-refractivity contribution in [2.75, 3.05) is 6.61 Å². The van der Waals surface area contributed by atoms with Gasteiger partial charge in [0, 0.05) is 0 Å². The highest BCUT2D eigenvalue weighted by atomic mass is 16.6. The fourth-order valence-electron chi connectivity index (χ4n) is 0.799. The van der Waals surface area contributed by atoms with Gasteiger partial charge >= 0.3 is 12.1 Å². The van der Waals surface area contributed by atoms with Gasteiger partial charge in [0.15, 0.2) is 0 Å². The first kappa shape index (κ1) is 13.7. The van der Waals surface area contributed by atoms with Crippen molar-refractivity contribution in [3.8, 4) is 0 Å². The molecule has 0 aliphatic carbocycles. The van der Waals surface area contributed by atoms with Crippen LogP contribution in [0.2, 0.25) is 0 Å². The van der Waals surface area contributed by atoms with E-state index in [1.54, 1.807) is 34.6 Å². The Kier molecular flexibility index (Phi) is 5.11. The zero-order chi connectivity index (χ0) is 12.1. The van der Waals surface area contributed by atoms with Gasteiger partial charge in [0.05, 0.1) is 6.61 Å². The van der Waals surface area contributed by atoms with Crippen molar-refractivity contribution < 1.29 is 19.1 Å². The monoisotopic (exact) mass is 217 g/mol. The molecule has 1 atom stereocenters. The molecule has 5 nitrogen and oxygen atoms in total. The van der Waals surface area contributed by atoms with Gasteiger partial charge in [-0.1, -0.05) is 0 Å². The van der Waals surface area contributed by atoms with Crippen molar-refractivity contribution in [1.82, 2.24) is 5.32 Å². The first-order chi connectivity index (χ1) is 6.76. The second-order valence-electron chi connectivity index (χ2n) is 4.12. The molecule has 0 saturated carbocycles. The van der Waals surface area contributed by atoms with E-state index >= 15 is 0 Å². The van der Waals surface area contributed by atoms with E-state index in [0.717, 1.165) is 0 Å². The summed E-state index contributed by atoms with van der Waals surface area (Å²) >= 11 is 0. The maximum absolute atomic E-state index is 11.4. The van der Waals surface area contributed by atoms with Crippen LogP contribution in [0.25, 0.3) is 0 Å². The van der Waals surface area contributed by atoms with Crippen LogP contribution in [0.4, 0.5) is 4.79 Å². The Morgan fingerprint density at radius 3 is 2.27 bits per heavy atom. The molecule has 0 radical (unpaired) electrons. The highest BCUT2D eigenvalue weighted by Gasteiger charge is 2.23. The molecule has 0 saturated heterocycles. The van der Waals surface area contributed by atoms with Crippen molar-refractivity contribution in [1.29, 1.82) is 0 Å². The number of hydrogen-bond acceptors (Lipinski definition) is 4. The topological polar surface area (TPSA) is 64.6 Å². The summed E-state index contributed by atoms with van der Waals surface area (Å²) in [5, 5.41) is 2.37. The highest BCUT2D eigenvalue weighted by Crippen LogP contribution is 2.08. The van der Waals surface area contributed by atoms with Crippen LogP contribution < -0.4 is 5.32 Å². The summed E-state index contributed by atoms with van der Waals surface area (Å²) in [4.78, 5) is 22.4. The maximum atomic E-state index is 11.4. The third kappa shape index (κ3) is 6.76. The van der Waals surface area contributed by atoms with Crippen molar-refractivity contribution in [3.63, 3.8) is 0 Å². The Morgan fingerprint density at radius 2 is 1.87 bits per heavy atom. The minimum Gasteiger partial charge on any atom is -0.458 e. The largest absolute Gasteiger partial charge is 0.458 e. The lowest BCUT2D eigenvalue weighted by atomic mass is 10.2. The number of alkyl carbamates (subject to hydrolysis) is 1. The molecule has 0 rings (SSSR count). The van der Waals surface area contributed by atoms with Gasteiger partial charge in [-0.05, 0) is 34.6 Å². The Balaban J connectivity index is 4.05. The predicted molar refractivity (Wildman–Crippen MR) is 55.5 cm³/mol. The Morgan fingerprint density at radius 1 is 1.33 bits per heavy atom. The Bertz CT molecular complexity index is 232. The maximum Gasteiger partial charge on any atom is 0.407 e. The fourth-order valence-corrected chi connectivity index (χ4v) is 0.799. The summed E-state index contributed by atoms with van der Waals surface area (Å²) in [6.07, 6.45) is -0.615. The fraction of sp³-hybridized carbons (Fsp3) is 0.800. The van der Waals surface area contributed by atoms with E-state index in [-0.39, 0.29) is 6.61 Å². The minimum absolute atomic E-state index is 0.271. The van der Waals surface area contributed by atoms with E-state index in [0.29, 0.717) is 0 Å². The third-order valence-corrected chi connectivity index (χ3v) is 1.37. The summed E-state index contributed by atoms with van der Waals surface area (Å²) in [5.41, 5.74) is -0.554. The molecule has 15 heavy (non-hydrogen) atoms. The van der Waals surface area contributed by atoms with Crippen LogP contribution in [0.5, 0.6) is 0 Å². The zero-order valence-electron chi connectivity index (χ0n) is 9.92. The number of ether oxygens (including phenoxy) is 2. The molecule has 0 aromatic rings. The summed E-state index contributed by atoms with van der Waals surface area (Å²) in [6, 6.07) is -0.705. The second-order valence-corrected chi connectivity index (χ2v) is 4.12. The summed E-state index contributed by atoms with van der Waals surface area (Å²) in [6.45, 7) is 8.81. The van der Waals surface area contributed by atoms with E-state index in [2.05, 4.69) is 10.1 Å². The molecule has 0 bridgehead atoms. The van der Waals surface area contributed by atoms with Crippen LogP contribution in [0.15, 0.2) is 0 Å². The lowest BCUT2D eigenvalue weighted by molar-refractivity contribution is -0.156. The Labute approximate surface area is 90.1 Å². The van der Waals surface area contributed by atoms with Gasteiger partial charge in [0.1, 0.15) is 11.6 Å². The molecule has 1 amide bonds. The number of esters is 1. The van der Waals surface area contributed by atoms with Gasteiger partial charge in [-0.3, -0.25) is 0 Å². The molecular formula is C10H19NO4. The molecule has 0 aromatic heterocycles. The highest BCUT2D eigenvalue weighted by molar-refractivity contribution is 5.81. The lowest BCUT2D eigenvalue weighted by Gasteiger charge is -2.22. The third-order valence-electron chi connectivity index (χ3n) is 1.37. The van der Waals surface area contributed by atoms with Crippen molar-refractivity contribution >= 4 is 12.1 Å². The number of nitrogens with one attached hydrogen (secondary N) is 1. The van der Waals surface area contributed by atoms with Crippen LogP contribution in [-0.4, -0.2) is 30.3 Å². The molecule has 5 heteroatoms. The van der Waals surface area contributed by atoms with Crippen molar-refractivity contribution in [3.05, 3.63) is 0 Å². The van der Waals surface area contributed by atoms with Gasteiger partial charge in [-0.25, -0.2) is 9.59 Å². The summed E-state index contributed by atoms with van der Waals surface area (Å²) in [7, 11) is 0. The van der Waals surface area contributed by atoms with E-state index in [1.165, 1.54) is 0 Å².